The van der Waals surface area contributed by atoms with E-state index in [9.17, 15) is 0 Å². The van der Waals surface area contributed by atoms with E-state index in [2.05, 4.69) is 28.7 Å². The summed E-state index contributed by atoms with van der Waals surface area (Å²) in [4.78, 5) is 10.8. The number of aryl methyl sites for hydroxylation is 1. The van der Waals surface area contributed by atoms with Crippen molar-refractivity contribution in [3.05, 3.63) is 17.0 Å². The van der Waals surface area contributed by atoms with Crippen molar-refractivity contribution < 1.29 is 0 Å². The van der Waals surface area contributed by atoms with E-state index in [0.29, 0.717) is 5.15 Å². The van der Waals surface area contributed by atoms with Crippen LogP contribution < -0.4 is 4.90 Å². The molecule has 1 unspecified atom stereocenters. The van der Waals surface area contributed by atoms with Gasteiger partial charge in [-0.1, -0.05) is 25.4 Å². The predicted octanol–water partition coefficient (Wildman–Crippen LogP) is 2.92. The highest BCUT2D eigenvalue weighted by Crippen LogP contribution is 2.27. The van der Waals surface area contributed by atoms with Crippen LogP contribution in [0.2, 0.25) is 5.15 Å². The van der Waals surface area contributed by atoms with Gasteiger partial charge < -0.3 is 4.90 Å². The zero-order chi connectivity index (χ0) is 11.7. The number of aromatic nitrogens is 2. The average Bonchev–Trinajstić information content (AvgIpc) is 2.64. The molecular formula is C12H18ClN3. The summed E-state index contributed by atoms with van der Waals surface area (Å²) < 4.78 is 0. The summed E-state index contributed by atoms with van der Waals surface area (Å²) in [7, 11) is 0. The maximum absolute atomic E-state index is 5.95. The second-order valence-corrected chi connectivity index (χ2v) is 5.22. The quantitative estimate of drug-likeness (QED) is 0.744. The van der Waals surface area contributed by atoms with Gasteiger partial charge in [-0.25, -0.2) is 9.97 Å². The molecule has 88 valence electrons. The molecule has 0 bridgehead atoms. The maximum atomic E-state index is 5.95. The normalized spacial score (nSPS) is 20.8. The lowest BCUT2D eigenvalue weighted by molar-refractivity contribution is 0.422. The topological polar surface area (TPSA) is 29.0 Å². The molecule has 1 fully saturated rings. The lowest BCUT2D eigenvalue weighted by Gasteiger charge is -2.19. The zero-order valence-corrected chi connectivity index (χ0v) is 10.8. The van der Waals surface area contributed by atoms with Crippen molar-refractivity contribution in [1.82, 2.24) is 9.97 Å². The Hall–Kier alpha value is -0.830. The van der Waals surface area contributed by atoms with Gasteiger partial charge in [-0.3, -0.25) is 0 Å². The summed E-state index contributed by atoms with van der Waals surface area (Å²) in [5, 5.41) is 0.537. The molecule has 1 aliphatic rings. The van der Waals surface area contributed by atoms with Crippen molar-refractivity contribution in [2.75, 3.05) is 18.0 Å². The van der Waals surface area contributed by atoms with Crippen LogP contribution >= 0.6 is 11.6 Å². The summed E-state index contributed by atoms with van der Waals surface area (Å²) in [6.45, 7) is 8.62. The summed E-state index contributed by atoms with van der Waals surface area (Å²) in [5.74, 6) is 3.23. The van der Waals surface area contributed by atoms with Gasteiger partial charge in [0.2, 0.25) is 0 Å². The monoisotopic (exact) mass is 239 g/mol. The van der Waals surface area contributed by atoms with Gasteiger partial charge in [-0.2, -0.15) is 0 Å². The van der Waals surface area contributed by atoms with Crippen LogP contribution in [0.1, 0.15) is 26.1 Å². The van der Waals surface area contributed by atoms with Crippen LogP contribution in [-0.2, 0) is 0 Å². The number of halogens is 1. The van der Waals surface area contributed by atoms with Crippen molar-refractivity contribution in [2.24, 2.45) is 11.8 Å². The third-order valence-corrected chi connectivity index (χ3v) is 3.48. The fraction of sp³-hybridized carbons (Fsp3) is 0.667. The van der Waals surface area contributed by atoms with E-state index < -0.39 is 0 Å². The van der Waals surface area contributed by atoms with Crippen molar-refractivity contribution >= 4 is 17.4 Å². The minimum atomic E-state index is 0.537. The molecule has 2 heterocycles. The van der Waals surface area contributed by atoms with Crippen LogP contribution in [0, 0.1) is 18.8 Å². The number of hydrogen-bond acceptors (Lipinski definition) is 3. The first-order valence-electron chi connectivity index (χ1n) is 5.82. The van der Waals surface area contributed by atoms with Crippen molar-refractivity contribution in [1.29, 1.82) is 0 Å². The molecule has 16 heavy (non-hydrogen) atoms. The Morgan fingerprint density at radius 3 is 2.75 bits per heavy atom. The van der Waals surface area contributed by atoms with E-state index in [1.54, 1.807) is 0 Å². The molecule has 0 spiro atoms. The predicted molar refractivity (Wildman–Crippen MR) is 66.9 cm³/mol. The Labute approximate surface area is 102 Å². The molecule has 0 aromatic carbocycles. The van der Waals surface area contributed by atoms with Crippen molar-refractivity contribution in [3.63, 3.8) is 0 Å². The highest BCUT2D eigenvalue weighted by Gasteiger charge is 2.25. The second-order valence-electron chi connectivity index (χ2n) is 4.83. The third kappa shape index (κ3) is 2.46. The molecule has 4 heteroatoms. The molecule has 0 saturated carbocycles. The Bertz CT molecular complexity index is 358. The van der Waals surface area contributed by atoms with Crippen LogP contribution in [0.3, 0.4) is 0 Å². The van der Waals surface area contributed by atoms with E-state index >= 15 is 0 Å². The van der Waals surface area contributed by atoms with E-state index in [0.717, 1.165) is 36.6 Å². The fourth-order valence-electron chi connectivity index (χ4n) is 2.22. The molecular weight excluding hydrogens is 222 g/mol. The van der Waals surface area contributed by atoms with Crippen molar-refractivity contribution in [2.45, 2.75) is 27.2 Å². The standard InChI is InChI=1S/C12H18ClN3/c1-8(2)10-4-5-16(7-10)12-6-11(13)14-9(3)15-12/h6,8,10H,4-5,7H2,1-3H3. The highest BCUT2D eigenvalue weighted by molar-refractivity contribution is 6.29. The van der Waals surface area contributed by atoms with Crippen LogP contribution in [-0.4, -0.2) is 23.1 Å². The Balaban J connectivity index is 2.14. The fourth-order valence-corrected chi connectivity index (χ4v) is 2.44. The van der Waals surface area contributed by atoms with Gasteiger partial charge in [0.05, 0.1) is 0 Å². The molecule has 0 N–H and O–H groups in total. The SMILES string of the molecule is Cc1nc(Cl)cc(N2CCC(C(C)C)C2)n1. The molecule has 1 aromatic heterocycles. The summed E-state index contributed by atoms with van der Waals surface area (Å²) in [6, 6.07) is 1.86. The van der Waals surface area contributed by atoms with Crippen molar-refractivity contribution in [3.8, 4) is 0 Å². The second kappa shape index (κ2) is 4.58. The lowest BCUT2D eigenvalue weighted by atomic mass is 9.95. The first-order chi connectivity index (χ1) is 7.56. The first kappa shape index (κ1) is 11.6. The molecule has 2 rings (SSSR count). The summed E-state index contributed by atoms with van der Waals surface area (Å²) in [5.41, 5.74) is 0. The molecule has 0 radical (unpaired) electrons. The molecule has 0 amide bonds. The minimum Gasteiger partial charge on any atom is -0.356 e. The first-order valence-corrected chi connectivity index (χ1v) is 6.20. The molecule has 1 aromatic rings. The van der Waals surface area contributed by atoms with Gasteiger partial charge in [-0.05, 0) is 25.2 Å². The smallest absolute Gasteiger partial charge is 0.134 e. The zero-order valence-electron chi connectivity index (χ0n) is 10.1. The number of rotatable bonds is 2. The maximum Gasteiger partial charge on any atom is 0.134 e. The minimum absolute atomic E-state index is 0.537. The van der Waals surface area contributed by atoms with Crippen LogP contribution in [0.25, 0.3) is 0 Å². The van der Waals surface area contributed by atoms with E-state index in [1.807, 2.05) is 13.0 Å². The van der Waals surface area contributed by atoms with Crippen LogP contribution in [0.15, 0.2) is 6.07 Å². The Morgan fingerprint density at radius 1 is 1.44 bits per heavy atom. The third-order valence-electron chi connectivity index (χ3n) is 3.28. The number of anilines is 1. The Morgan fingerprint density at radius 2 is 2.19 bits per heavy atom. The Kier molecular flexibility index (Phi) is 3.33. The van der Waals surface area contributed by atoms with Gasteiger partial charge in [0.15, 0.2) is 0 Å². The van der Waals surface area contributed by atoms with Gasteiger partial charge >= 0.3 is 0 Å². The molecule has 1 aliphatic heterocycles. The van der Waals surface area contributed by atoms with Crippen LogP contribution in [0.4, 0.5) is 5.82 Å². The lowest BCUT2D eigenvalue weighted by Crippen LogP contribution is -2.22. The van der Waals surface area contributed by atoms with Gasteiger partial charge in [0, 0.05) is 19.2 Å². The molecule has 3 nitrogen and oxygen atoms in total. The van der Waals surface area contributed by atoms with E-state index in [4.69, 9.17) is 11.6 Å². The summed E-state index contributed by atoms with van der Waals surface area (Å²) in [6.07, 6.45) is 1.25. The summed E-state index contributed by atoms with van der Waals surface area (Å²) >= 11 is 5.95. The van der Waals surface area contributed by atoms with Crippen LogP contribution in [0.5, 0.6) is 0 Å². The van der Waals surface area contributed by atoms with E-state index in [1.165, 1.54) is 6.42 Å². The van der Waals surface area contributed by atoms with E-state index in [-0.39, 0.29) is 0 Å². The molecule has 0 aliphatic carbocycles. The number of nitrogens with zero attached hydrogens (tertiary/aromatic N) is 3. The largest absolute Gasteiger partial charge is 0.356 e. The number of hydrogen-bond donors (Lipinski definition) is 0. The highest BCUT2D eigenvalue weighted by atomic mass is 35.5. The molecule has 1 atom stereocenters. The van der Waals surface area contributed by atoms with Gasteiger partial charge in [0.1, 0.15) is 16.8 Å². The average molecular weight is 240 g/mol. The molecule has 1 saturated heterocycles. The van der Waals surface area contributed by atoms with Gasteiger partial charge in [-0.15, -0.1) is 0 Å². The van der Waals surface area contributed by atoms with Gasteiger partial charge in [0.25, 0.3) is 0 Å².